The Balaban J connectivity index is 0.000000331. The van der Waals surface area contributed by atoms with E-state index >= 15 is 0 Å². The summed E-state index contributed by atoms with van der Waals surface area (Å²) in [5, 5.41) is 14.2. The summed E-state index contributed by atoms with van der Waals surface area (Å²) in [6.45, 7) is 5.34. The first-order valence-corrected chi connectivity index (χ1v) is 13.4. The van der Waals surface area contributed by atoms with Crippen molar-refractivity contribution in [3.05, 3.63) is 48.0 Å². The Morgan fingerprint density at radius 3 is 1.82 bits per heavy atom. The lowest BCUT2D eigenvalue weighted by Crippen LogP contribution is -2.53. The Hall–Kier alpha value is -4.51. The Morgan fingerprint density at radius 2 is 1.38 bits per heavy atom. The van der Waals surface area contributed by atoms with E-state index < -0.39 is 29.7 Å². The van der Waals surface area contributed by atoms with Gasteiger partial charge in [-0.15, -0.1) is 0 Å². The molecule has 18 heteroatoms. The monoisotopic (exact) mass is 648 g/mol. The van der Waals surface area contributed by atoms with E-state index in [1.54, 1.807) is 18.5 Å². The molecule has 0 saturated carbocycles. The van der Waals surface area contributed by atoms with Gasteiger partial charge in [0, 0.05) is 63.3 Å². The average Bonchev–Trinajstić information content (AvgIpc) is 3.45. The number of pyridine rings is 1. The van der Waals surface area contributed by atoms with Crippen molar-refractivity contribution in [2.75, 3.05) is 44.7 Å². The van der Waals surface area contributed by atoms with Crippen LogP contribution in [-0.2, 0) is 14.4 Å². The fourth-order valence-corrected chi connectivity index (χ4v) is 5.83. The SMILES string of the molecule is Cc1cccc(C(=O)N2CCC3(CC2)CN(c2ncccn2)CC32CCN(C)C2=O)n1.O=C(O)C(F)(F)F.O=C(O)C(F)(F)F. The maximum Gasteiger partial charge on any atom is 0.490 e. The zero-order chi connectivity index (χ0) is 33.8. The number of halogens is 6. The van der Waals surface area contributed by atoms with Gasteiger partial charge in [0.05, 0.1) is 5.41 Å². The highest BCUT2D eigenvalue weighted by molar-refractivity contribution is 5.92. The summed E-state index contributed by atoms with van der Waals surface area (Å²) in [6, 6.07) is 7.36. The van der Waals surface area contributed by atoms with Crippen molar-refractivity contribution in [3.8, 4) is 0 Å². The zero-order valence-corrected chi connectivity index (χ0v) is 24.1. The molecule has 246 valence electrons. The van der Waals surface area contributed by atoms with Gasteiger partial charge in [-0.3, -0.25) is 9.59 Å². The minimum Gasteiger partial charge on any atom is -0.475 e. The third-order valence-corrected chi connectivity index (χ3v) is 8.03. The van der Waals surface area contributed by atoms with Gasteiger partial charge in [-0.2, -0.15) is 26.3 Å². The first-order chi connectivity index (χ1) is 20.8. The molecule has 3 aliphatic rings. The lowest BCUT2D eigenvalue weighted by atomic mass is 9.60. The van der Waals surface area contributed by atoms with Gasteiger partial charge in [0.25, 0.3) is 5.91 Å². The number of piperidine rings is 1. The highest BCUT2D eigenvalue weighted by atomic mass is 19.4. The van der Waals surface area contributed by atoms with E-state index in [1.807, 2.05) is 42.0 Å². The summed E-state index contributed by atoms with van der Waals surface area (Å²) >= 11 is 0. The van der Waals surface area contributed by atoms with Crippen molar-refractivity contribution in [2.24, 2.45) is 10.8 Å². The van der Waals surface area contributed by atoms with Crippen LogP contribution in [-0.4, -0.2) is 111 Å². The second-order valence-electron chi connectivity index (χ2n) is 10.8. The molecule has 45 heavy (non-hydrogen) atoms. The van der Waals surface area contributed by atoms with Crippen molar-refractivity contribution in [1.29, 1.82) is 0 Å². The fourth-order valence-electron chi connectivity index (χ4n) is 5.83. The number of carboxylic acids is 2. The number of carbonyl (C=O) groups excluding carboxylic acids is 2. The number of anilines is 1. The molecule has 0 aliphatic carbocycles. The molecule has 3 saturated heterocycles. The third kappa shape index (κ3) is 7.78. The fraction of sp³-hybridized carbons (Fsp3) is 0.519. The number of hydrogen-bond acceptors (Lipinski definition) is 8. The van der Waals surface area contributed by atoms with Gasteiger partial charge in [-0.05, 0) is 44.4 Å². The predicted molar refractivity (Wildman–Crippen MR) is 143 cm³/mol. The number of carbonyl (C=O) groups is 4. The molecule has 2 amide bonds. The van der Waals surface area contributed by atoms with Gasteiger partial charge >= 0.3 is 24.3 Å². The van der Waals surface area contributed by atoms with Crippen LogP contribution in [0.25, 0.3) is 0 Å². The Labute approximate surface area is 252 Å². The zero-order valence-electron chi connectivity index (χ0n) is 24.1. The van der Waals surface area contributed by atoms with Crippen LogP contribution >= 0.6 is 0 Å². The van der Waals surface area contributed by atoms with Crippen LogP contribution in [0.3, 0.4) is 0 Å². The van der Waals surface area contributed by atoms with Crippen molar-refractivity contribution in [3.63, 3.8) is 0 Å². The Morgan fingerprint density at radius 1 is 0.844 bits per heavy atom. The number of hydrogen-bond donors (Lipinski definition) is 2. The first kappa shape index (κ1) is 35.0. The third-order valence-electron chi connectivity index (χ3n) is 8.03. The minimum atomic E-state index is -5.08. The molecule has 0 bridgehead atoms. The van der Waals surface area contributed by atoms with Crippen molar-refractivity contribution < 1.29 is 55.7 Å². The van der Waals surface area contributed by atoms with E-state index in [1.165, 1.54) is 0 Å². The number of aliphatic carboxylic acids is 2. The number of aromatic nitrogens is 3. The largest absolute Gasteiger partial charge is 0.490 e. The van der Waals surface area contributed by atoms with Crippen LogP contribution < -0.4 is 4.90 Å². The number of rotatable bonds is 2. The van der Waals surface area contributed by atoms with Gasteiger partial charge in [-0.1, -0.05) is 6.07 Å². The van der Waals surface area contributed by atoms with Crippen LogP contribution in [0.15, 0.2) is 36.7 Å². The molecular weight excluding hydrogens is 618 g/mol. The van der Waals surface area contributed by atoms with Gasteiger partial charge in [-0.25, -0.2) is 24.5 Å². The smallest absolute Gasteiger partial charge is 0.475 e. The molecule has 2 aromatic heterocycles. The highest BCUT2D eigenvalue weighted by Gasteiger charge is 2.65. The average molecular weight is 649 g/mol. The lowest BCUT2D eigenvalue weighted by molar-refractivity contribution is -0.193. The molecule has 2 N–H and O–H groups in total. The van der Waals surface area contributed by atoms with E-state index in [2.05, 4.69) is 19.9 Å². The number of likely N-dealkylation sites (tertiary alicyclic amines) is 2. The number of carboxylic acid groups (broad SMARTS) is 2. The van der Waals surface area contributed by atoms with Crippen molar-refractivity contribution in [1.82, 2.24) is 24.8 Å². The highest BCUT2D eigenvalue weighted by Crippen LogP contribution is 2.58. The van der Waals surface area contributed by atoms with E-state index in [0.717, 1.165) is 38.0 Å². The molecule has 12 nitrogen and oxygen atoms in total. The molecule has 0 aromatic carbocycles. The molecule has 5 rings (SSSR count). The second-order valence-corrected chi connectivity index (χ2v) is 10.8. The van der Waals surface area contributed by atoms with Crippen LogP contribution in [0.4, 0.5) is 32.3 Å². The minimum absolute atomic E-state index is 0.0243. The molecule has 1 unspecified atom stereocenters. The molecule has 3 aliphatic heterocycles. The molecule has 2 aromatic rings. The predicted octanol–water partition coefficient (Wildman–Crippen LogP) is 3.04. The van der Waals surface area contributed by atoms with Gasteiger partial charge in [0.15, 0.2) is 0 Å². The van der Waals surface area contributed by atoms with E-state index in [0.29, 0.717) is 31.3 Å². The Kier molecular flexibility index (Phi) is 10.3. The molecular formula is C27H30F6N6O6. The van der Waals surface area contributed by atoms with Gasteiger partial charge < -0.3 is 24.9 Å². The van der Waals surface area contributed by atoms with E-state index in [-0.39, 0.29) is 17.2 Å². The summed E-state index contributed by atoms with van der Waals surface area (Å²) in [5.74, 6) is -4.63. The summed E-state index contributed by atoms with van der Waals surface area (Å²) in [7, 11) is 1.90. The topological polar surface area (TPSA) is 157 Å². The molecule has 5 heterocycles. The summed E-state index contributed by atoms with van der Waals surface area (Å²) in [6.07, 6.45) is -4.22. The lowest BCUT2D eigenvalue weighted by Gasteiger charge is -2.46. The van der Waals surface area contributed by atoms with Gasteiger partial charge in [0.1, 0.15) is 5.69 Å². The van der Waals surface area contributed by atoms with Crippen molar-refractivity contribution in [2.45, 2.75) is 38.5 Å². The first-order valence-electron chi connectivity index (χ1n) is 13.4. The maximum atomic E-state index is 13.4. The maximum absolute atomic E-state index is 13.4. The number of aryl methyl sites for hydroxylation is 1. The van der Waals surface area contributed by atoms with E-state index in [4.69, 9.17) is 19.8 Å². The molecule has 2 spiro atoms. The standard InChI is InChI=1S/C23H28N6O2.2C2HF3O2/c1-17-5-3-6-18(26-17)19(30)28-13-7-22(8-14-28)15-29(21-24-10-4-11-25-21)16-23(22)9-12-27(2)20(23)31;2*3-2(4,5)1(6)7/h3-6,10-11H,7-9,12-16H2,1-2H3;2*(H,6,7). The molecule has 3 fully saturated rings. The number of alkyl halides is 6. The van der Waals surface area contributed by atoms with E-state index in [9.17, 15) is 35.9 Å². The summed E-state index contributed by atoms with van der Waals surface area (Å²) in [4.78, 5) is 63.5. The number of amides is 2. The number of fused-ring (bicyclic) bond motifs is 1. The van der Waals surface area contributed by atoms with Crippen LogP contribution in [0.2, 0.25) is 0 Å². The van der Waals surface area contributed by atoms with Crippen LogP contribution in [0.1, 0.15) is 35.4 Å². The second kappa shape index (κ2) is 13.2. The molecule has 1 atom stereocenters. The Bertz CT molecular complexity index is 1380. The summed E-state index contributed by atoms with van der Waals surface area (Å²) in [5.41, 5.74) is 0.725. The molecule has 0 radical (unpaired) electrons. The van der Waals surface area contributed by atoms with Gasteiger partial charge in [0.2, 0.25) is 11.9 Å². The summed E-state index contributed by atoms with van der Waals surface area (Å²) < 4.78 is 63.5. The van der Waals surface area contributed by atoms with Crippen molar-refractivity contribution >= 4 is 29.7 Å². The quantitative estimate of drug-likeness (QED) is 0.464. The number of nitrogens with zero attached hydrogens (tertiary/aromatic N) is 6. The van der Waals surface area contributed by atoms with Crippen LogP contribution in [0.5, 0.6) is 0 Å². The van der Waals surface area contributed by atoms with Crippen LogP contribution in [0, 0.1) is 17.8 Å². The normalized spacial score (nSPS) is 20.8.